The fourth-order valence-electron chi connectivity index (χ4n) is 2.80. The van der Waals surface area contributed by atoms with Crippen molar-refractivity contribution in [1.82, 2.24) is 4.98 Å². The fourth-order valence-corrected chi connectivity index (χ4v) is 4.41. The van der Waals surface area contributed by atoms with Crippen LogP contribution in [-0.4, -0.2) is 25.1 Å². The normalized spacial score (nSPS) is 11.4. The van der Waals surface area contributed by atoms with Gasteiger partial charge < -0.3 is 5.32 Å². The summed E-state index contributed by atoms with van der Waals surface area (Å²) in [6.07, 6.45) is 0.158. The highest BCUT2D eigenvalue weighted by atomic mass is 32.2. The van der Waals surface area contributed by atoms with Gasteiger partial charge in [0.2, 0.25) is 5.91 Å². The molecule has 146 valence electrons. The van der Waals surface area contributed by atoms with E-state index in [1.165, 1.54) is 11.3 Å². The number of nitrogens with zero attached hydrogens (tertiary/aromatic N) is 1. The highest BCUT2D eigenvalue weighted by Crippen LogP contribution is 2.28. The highest BCUT2D eigenvalue weighted by Gasteiger charge is 2.13. The Kier molecular flexibility index (Phi) is 5.96. The molecule has 0 aliphatic carbocycles. The van der Waals surface area contributed by atoms with Crippen LogP contribution in [0, 0.1) is 13.8 Å². The number of nitrogens with one attached hydrogen (secondary N) is 1. The summed E-state index contributed by atoms with van der Waals surface area (Å²) >= 11 is 1.38. The molecule has 28 heavy (non-hydrogen) atoms. The first-order valence-corrected chi connectivity index (χ1v) is 11.5. The fraction of sp³-hybridized carbons (Fsp3) is 0.238. The van der Waals surface area contributed by atoms with Crippen LogP contribution in [0.5, 0.6) is 0 Å². The molecule has 0 atom stereocenters. The molecule has 2 aromatic carbocycles. The number of carbonyl (C=O) groups excluding carboxylic acids is 1. The number of hydrogen-bond acceptors (Lipinski definition) is 5. The van der Waals surface area contributed by atoms with Crippen molar-refractivity contribution in [3.05, 3.63) is 64.5 Å². The second-order valence-electron chi connectivity index (χ2n) is 6.63. The first kappa shape index (κ1) is 20.2. The van der Waals surface area contributed by atoms with Gasteiger partial charge in [0.25, 0.3) is 0 Å². The zero-order valence-corrected chi connectivity index (χ0v) is 17.7. The van der Waals surface area contributed by atoms with Gasteiger partial charge in [0.15, 0.2) is 15.0 Å². The SMILES string of the molecule is CCS(=O)(=O)c1ccc(CC(=O)Nc2nc(-c3cc(C)ccc3C)cs2)cc1. The molecule has 5 nitrogen and oxygen atoms in total. The van der Waals surface area contributed by atoms with E-state index in [4.69, 9.17) is 0 Å². The molecule has 0 saturated heterocycles. The van der Waals surface area contributed by atoms with E-state index in [9.17, 15) is 13.2 Å². The van der Waals surface area contributed by atoms with Crippen LogP contribution in [0.15, 0.2) is 52.7 Å². The van der Waals surface area contributed by atoms with Crippen LogP contribution in [0.25, 0.3) is 11.3 Å². The third kappa shape index (κ3) is 4.66. The van der Waals surface area contributed by atoms with Crippen LogP contribution in [0.4, 0.5) is 5.13 Å². The van der Waals surface area contributed by atoms with E-state index >= 15 is 0 Å². The Balaban J connectivity index is 1.67. The molecule has 1 aromatic heterocycles. The average molecular weight is 415 g/mol. The van der Waals surface area contributed by atoms with Gasteiger partial charge in [-0.15, -0.1) is 11.3 Å². The molecule has 0 aliphatic heterocycles. The van der Waals surface area contributed by atoms with E-state index in [1.54, 1.807) is 31.2 Å². The van der Waals surface area contributed by atoms with Crippen LogP contribution >= 0.6 is 11.3 Å². The molecule has 0 saturated carbocycles. The molecule has 0 bridgehead atoms. The molecule has 1 heterocycles. The van der Waals surface area contributed by atoms with Gasteiger partial charge in [-0.05, 0) is 43.2 Å². The molecule has 1 N–H and O–H groups in total. The largest absolute Gasteiger partial charge is 0.302 e. The summed E-state index contributed by atoms with van der Waals surface area (Å²) in [6, 6.07) is 12.6. The van der Waals surface area contributed by atoms with Crippen LogP contribution in [0.3, 0.4) is 0 Å². The number of sulfone groups is 1. The highest BCUT2D eigenvalue weighted by molar-refractivity contribution is 7.91. The van der Waals surface area contributed by atoms with Gasteiger partial charge in [0.1, 0.15) is 0 Å². The molecule has 0 unspecified atom stereocenters. The van der Waals surface area contributed by atoms with E-state index in [0.717, 1.165) is 27.9 Å². The molecule has 0 radical (unpaired) electrons. The lowest BCUT2D eigenvalue weighted by Crippen LogP contribution is -2.14. The Labute approximate surface area is 169 Å². The third-order valence-electron chi connectivity index (χ3n) is 4.45. The summed E-state index contributed by atoms with van der Waals surface area (Å²) in [6.45, 7) is 5.68. The summed E-state index contributed by atoms with van der Waals surface area (Å²) in [5.41, 5.74) is 4.95. The summed E-state index contributed by atoms with van der Waals surface area (Å²) < 4.78 is 23.7. The van der Waals surface area contributed by atoms with Crippen LogP contribution in [0.1, 0.15) is 23.6 Å². The molecular formula is C21H22N2O3S2. The van der Waals surface area contributed by atoms with Gasteiger partial charge in [-0.3, -0.25) is 4.79 Å². The first-order valence-electron chi connectivity index (χ1n) is 8.93. The Morgan fingerprint density at radius 2 is 1.82 bits per heavy atom. The smallest absolute Gasteiger partial charge is 0.230 e. The summed E-state index contributed by atoms with van der Waals surface area (Å²) in [7, 11) is -3.23. The monoisotopic (exact) mass is 414 g/mol. The topological polar surface area (TPSA) is 76.1 Å². The van der Waals surface area contributed by atoms with E-state index in [-0.39, 0.29) is 23.0 Å². The number of benzene rings is 2. The Morgan fingerprint density at radius 3 is 2.50 bits per heavy atom. The van der Waals surface area contributed by atoms with Gasteiger partial charge in [-0.25, -0.2) is 13.4 Å². The molecule has 3 aromatic rings. The Bertz CT molecular complexity index is 1100. The van der Waals surface area contributed by atoms with E-state index < -0.39 is 9.84 Å². The van der Waals surface area contributed by atoms with Crippen molar-refractivity contribution in [2.24, 2.45) is 0 Å². The lowest BCUT2D eigenvalue weighted by Gasteiger charge is -2.05. The minimum atomic E-state index is -3.23. The number of rotatable bonds is 6. The molecule has 3 rings (SSSR count). The number of thiazole rings is 1. The minimum Gasteiger partial charge on any atom is -0.302 e. The average Bonchev–Trinajstić information content (AvgIpc) is 3.12. The number of aryl methyl sites for hydroxylation is 2. The Morgan fingerprint density at radius 1 is 1.11 bits per heavy atom. The summed E-state index contributed by atoms with van der Waals surface area (Å²) in [5.74, 6) is -0.132. The number of amides is 1. The van der Waals surface area contributed by atoms with Crippen molar-refractivity contribution in [3.8, 4) is 11.3 Å². The zero-order chi connectivity index (χ0) is 20.3. The maximum atomic E-state index is 12.3. The van der Waals surface area contributed by atoms with Crippen LogP contribution in [-0.2, 0) is 21.1 Å². The standard InChI is InChI=1S/C21H22N2O3S2/c1-4-28(25,26)17-9-7-16(8-10-17)12-20(24)23-21-22-19(13-27-21)18-11-14(2)5-6-15(18)3/h5-11,13H,4,12H2,1-3H3,(H,22,23,24). The van der Waals surface area contributed by atoms with Crippen molar-refractivity contribution in [2.75, 3.05) is 11.1 Å². The third-order valence-corrected chi connectivity index (χ3v) is 6.95. The van der Waals surface area contributed by atoms with E-state index in [1.807, 2.05) is 19.2 Å². The first-order chi connectivity index (χ1) is 13.3. The maximum Gasteiger partial charge on any atom is 0.230 e. The number of anilines is 1. The second-order valence-corrected chi connectivity index (χ2v) is 9.76. The van der Waals surface area contributed by atoms with Crippen LogP contribution < -0.4 is 5.32 Å². The van der Waals surface area contributed by atoms with Gasteiger partial charge >= 0.3 is 0 Å². The molecule has 1 amide bonds. The van der Waals surface area contributed by atoms with Crippen molar-refractivity contribution in [3.63, 3.8) is 0 Å². The van der Waals surface area contributed by atoms with Gasteiger partial charge in [0.05, 0.1) is 22.8 Å². The van der Waals surface area contributed by atoms with Crippen molar-refractivity contribution in [1.29, 1.82) is 0 Å². The summed E-state index contributed by atoms with van der Waals surface area (Å²) in [5, 5.41) is 5.30. The molecule has 7 heteroatoms. The van der Waals surface area contributed by atoms with E-state index in [0.29, 0.717) is 5.13 Å². The van der Waals surface area contributed by atoms with Crippen LogP contribution in [0.2, 0.25) is 0 Å². The van der Waals surface area contributed by atoms with Gasteiger partial charge in [0, 0.05) is 10.9 Å². The van der Waals surface area contributed by atoms with Gasteiger partial charge in [-0.1, -0.05) is 36.8 Å². The Hall–Kier alpha value is -2.51. The molecule has 0 aliphatic rings. The molecule has 0 fully saturated rings. The number of hydrogen-bond donors (Lipinski definition) is 1. The van der Waals surface area contributed by atoms with Crippen molar-refractivity contribution >= 4 is 32.2 Å². The summed E-state index contributed by atoms with van der Waals surface area (Å²) in [4.78, 5) is 17.1. The quantitative estimate of drug-likeness (QED) is 0.648. The second kappa shape index (κ2) is 8.24. The molecular weight excluding hydrogens is 392 g/mol. The van der Waals surface area contributed by atoms with Crippen molar-refractivity contribution < 1.29 is 13.2 Å². The predicted octanol–water partition coefficient (Wildman–Crippen LogP) is 4.40. The lowest BCUT2D eigenvalue weighted by molar-refractivity contribution is -0.115. The minimum absolute atomic E-state index is 0.0552. The van der Waals surface area contributed by atoms with E-state index in [2.05, 4.69) is 28.5 Å². The van der Waals surface area contributed by atoms with Gasteiger partial charge in [-0.2, -0.15) is 0 Å². The predicted molar refractivity (Wildman–Crippen MR) is 114 cm³/mol. The molecule has 0 spiro atoms. The van der Waals surface area contributed by atoms with Crippen molar-refractivity contribution in [2.45, 2.75) is 32.1 Å². The number of carbonyl (C=O) groups is 1. The maximum absolute atomic E-state index is 12.3. The number of aromatic nitrogens is 1. The lowest BCUT2D eigenvalue weighted by atomic mass is 10.0. The zero-order valence-electron chi connectivity index (χ0n) is 16.0.